The summed E-state index contributed by atoms with van der Waals surface area (Å²) in [7, 11) is 0. The maximum Gasteiger partial charge on any atom is 0.224 e. The van der Waals surface area contributed by atoms with Gasteiger partial charge in [0.1, 0.15) is 0 Å². The lowest BCUT2D eigenvalue weighted by Gasteiger charge is -2.34. The molecule has 0 atom stereocenters. The van der Waals surface area contributed by atoms with Crippen LogP contribution in [-0.4, -0.2) is 58.2 Å². The average Bonchev–Trinajstić information content (AvgIpc) is 3.13. The van der Waals surface area contributed by atoms with Crippen molar-refractivity contribution in [1.29, 1.82) is 0 Å². The summed E-state index contributed by atoms with van der Waals surface area (Å²) in [5, 5.41) is 8.38. The predicted octanol–water partition coefficient (Wildman–Crippen LogP) is 4.14. The van der Waals surface area contributed by atoms with Gasteiger partial charge in [0.15, 0.2) is 0 Å². The smallest absolute Gasteiger partial charge is 0.224 e. The predicted molar refractivity (Wildman–Crippen MR) is 137 cm³/mol. The summed E-state index contributed by atoms with van der Waals surface area (Å²) in [5.74, 6) is -0.000252. The Morgan fingerprint density at radius 3 is 2.21 bits per heavy atom. The maximum atomic E-state index is 12.7. The van der Waals surface area contributed by atoms with Crippen molar-refractivity contribution in [2.24, 2.45) is 0 Å². The maximum absolute atomic E-state index is 12.7. The van der Waals surface area contributed by atoms with Crippen molar-refractivity contribution < 1.29 is 4.79 Å². The topological polar surface area (TPSA) is 53.4 Å². The second kappa shape index (κ2) is 11.2. The number of likely N-dealkylation sites (N-methyl/N-ethyl adjacent to an activating group) is 1. The number of hydrogen-bond acceptors (Lipinski definition) is 4. The van der Waals surface area contributed by atoms with Crippen LogP contribution in [0.25, 0.3) is 5.69 Å². The lowest BCUT2D eigenvalue weighted by molar-refractivity contribution is -0.120. The highest BCUT2D eigenvalue weighted by Crippen LogP contribution is 2.20. The molecule has 1 saturated heterocycles. The van der Waals surface area contributed by atoms with Crippen molar-refractivity contribution >= 4 is 17.5 Å². The number of amides is 1. The number of nitrogens with one attached hydrogen (secondary N) is 1. The summed E-state index contributed by atoms with van der Waals surface area (Å²) in [5.41, 5.74) is 6.17. The van der Waals surface area contributed by atoms with Crippen LogP contribution in [-0.2, 0) is 24.3 Å². The van der Waals surface area contributed by atoms with Crippen LogP contribution in [0.5, 0.6) is 0 Å². The van der Waals surface area contributed by atoms with Gasteiger partial charge in [-0.25, -0.2) is 4.68 Å². The van der Waals surface area contributed by atoms with Crippen LogP contribution in [0.4, 0.5) is 0 Å². The zero-order valence-electron chi connectivity index (χ0n) is 20.4. The highest BCUT2D eigenvalue weighted by Gasteiger charge is 2.17. The van der Waals surface area contributed by atoms with E-state index >= 15 is 0 Å². The number of piperazine rings is 1. The van der Waals surface area contributed by atoms with E-state index in [0.29, 0.717) is 18.0 Å². The Bertz CT molecular complexity index is 1100. The Labute approximate surface area is 207 Å². The molecular weight excluding hydrogens is 446 g/mol. The third-order valence-electron chi connectivity index (χ3n) is 6.68. The van der Waals surface area contributed by atoms with Crippen molar-refractivity contribution in [2.75, 3.05) is 32.7 Å². The third kappa shape index (κ3) is 6.06. The second-order valence-corrected chi connectivity index (χ2v) is 9.45. The number of nitrogens with zero attached hydrogens (tertiary/aromatic N) is 4. The van der Waals surface area contributed by atoms with E-state index in [0.717, 1.165) is 67.5 Å². The third-order valence-corrected chi connectivity index (χ3v) is 6.93. The first-order valence-corrected chi connectivity index (χ1v) is 12.4. The van der Waals surface area contributed by atoms with E-state index in [1.54, 1.807) is 0 Å². The van der Waals surface area contributed by atoms with E-state index in [2.05, 4.69) is 51.4 Å². The first kappa shape index (κ1) is 24.5. The van der Waals surface area contributed by atoms with E-state index in [1.807, 2.05) is 42.8 Å². The molecule has 6 nitrogen and oxygen atoms in total. The average molecular weight is 480 g/mol. The van der Waals surface area contributed by atoms with Gasteiger partial charge in [-0.15, -0.1) is 0 Å². The lowest BCUT2D eigenvalue weighted by Crippen LogP contribution is -2.45. The molecule has 180 valence electrons. The standard InChI is InChI=1S/C27H34ClN5O/c1-4-31-13-15-32(16-14-31)19-23-7-5-22(6-8-23)18-29-27(34)17-26-20(2)30-33(21(26)3)25-11-9-24(28)10-12-25/h5-12H,4,13-19H2,1-3H3,(H,29,34). The van der Waals surface area contributed by atoms with Crippen molar-refractivity contribution in [1.82, 2.24) is 24.9 Å². The van der Waals surface area contributed by atoms with Gasteiger partial charge in [0.25, 0.3) is 0 Å². The minimum Gasteiger partial charge on any atom is -0.352 e. The van der Waals surface area contributed by atoms with Gasteiger partial charge in [-0.1, -0.05) is 42.8 Å². The van der Waals surface area contributed by atoms with Gasteiger partial charge in [-0.05, 0) is 55.8 Å². The summed E-state index contributed by atoms with van der Waals surface area (Å²) < 4.78 is 1.87. The van der Waals surface area contributed by atoms with Crippen LogP contribution < -0.4 is 5.32 Å². The zero-order valence-corrected chi connectivity index (χ0v) is 21.1. The SMILES string of the molecule is CCN1CCN(Cc2ccc(CNC(=O)Cc3c(C)nn(-c4ccc(Cl)cc4)c3C)cc2)CC1. The van der Waals surface area contributed by atoms with Gasteiger partial charge in [-0.2, -0.15) is 5.10 Å². The molecule has 0 bridgehead atoms. The van der Waals surface area contributed by atoms with E-state index in [1.165, 1.54) is 5.56 Å². The molecule has 1 amide bonds. The Kier molecular flexibility index (Phi) is 8.03. The number of rotatable bonds is 8. The molecular formula is C27H34ClN5O. The minimum absolute atomic E-state index is 0.000252. The molecule has 1 fully saturated rings. The number of halogens is 1. The van der Waals surface area contributed by atoms with Crippen LogP contribution in [0.15, 0.2) is 48.5 Å². The van der Waals surface area contributed by atoms with Gasteiger partial charge in [-0.3, -0.25) is 9.69 Å². The van der Waals surface area contributed by atoms with E-state index in [4.69, 9.17) is 11.6 Å². The van der Waals surface area contributed by atoms with Crippen LogP contribution in [0.2, 0.25) is 5.02 Å². The van der Waals surface area contributed by atoms with Crippen LogP contribution in [0, 0.1) is 13.8 Å². The van der Waals surface area contributed by atoms with E-state index < -0.39 is 0 Å². The van der Waals surface area contributed by atoms with E-state index in [9.17, 15) is 4.79 Å². The monoisotopic (exact) mass is 479 g/mol. The molecule has 0 aliphatic carbocycles. The molecule has 1 N–H and O–H groups in total. The number of hydrogen-bond donors (Lipinski definition) is 1. The van der Waals surface area contributed by atoms with Crippen molar-refractivity contribution in [3.05, 3.63) is 81.6 Å². The molecule has 3 aromatic rings. The highest BCUT2D eigenvalue weighted by molar-refractivity contribution is 6.30. The number of aryl methyl sites for hydroxylation is 1. The van der Waals surface area contributed by atoms with Crippen molar-refractivity contribution in [3.63, 3.8) is 0 Å². The van der Waals surface area contributed by atoms with Crippen LogP contribution >= 0.6 is 11.6 Å². The molecule has 0 saturated carbocycles. The summed E-state index contributed by atoms with van der Waals surface area (Å²) in [6.45, 7) is 13.4. The number of benzene rings is 2. The summed E-state index contributed by atoms with van der Waals surface area (Å²) in [4.78, 5) is 17.7. The molecule has 0 unspecified atom stereocenters. The molecule has 0 spiro atoms. The summed E-state index contributed by atoms with van der Waals surface area (Å²) in [6, 6.07) is 16.1. The molecule has 2 aromatic carbocycles. The lowest BCUT2D eigenvalue weighted by atomic mass is 10.1. The zero-order chi connectivity index (χ0) is 24.1. The molecule has 34 heavy (non-hydrogen) atoms. The first-order valence-electron chi connectivity index (χ1n) is 12.0. The largest absolute Gasteiger partial charge is 0.352 e. The Morgan fingerprint density at radius 1 is 0.941 bits per heavy atom. The molecule has 1 aromatic heterocycles. The molecule has 2 heterocycles. The summed E-state index contributed by atoms with van der Waals surface area (Å²) >= 11 is 6.01. The second-order valence-electron chi connectivity index (χ2n) is 9.02. The Hall–Kier alpha value is -2.67. The highest BCUT2D eigenvalue weighted by atomic mass is 35.5. The van der Waals surface area contributed by atoms with Crippen LogP contribution in [0.1, 0.15) is 35.0 Å². The molecule has 0 radical (unpaired) electrons. The molecule has 1 aliphatic rings. The Morgan fingerprint density at radius 2 is 1.56 bits per heavy atom. The Balaban J connectivity index is 1.29. The van der Waals surface area contributed by atoms with Gasteiger partial charge in [0.05, 0.1) is 17.8 Å². The van der Waals surface area contributed by atoms with E-state index in [-0.39, 0.29) is 5.91 Å². The number of carbonyl (C=O) groups excluding carboxylic acids is 1. The van der Waals surface area contributed by atoms with Crippen molar-refractivity contribution in [2.45, 2.75) is 40.3 Å². The van der Waals surface area contributed by atoms with Gasteiger partial charge < -0.3 is 10.2 Å². The quantitative estimate of drug-likeness (QED) is 0.527. The van der Waals surface area contributed by atoms with Gasteiger partial charge >= 0.3 is 0 Å². The van der Waals surface area contributed by atoms with Crippen LogP contribution in [0.3, 0.4) is 0 Å². The fraction of sp³-hybridized carbons (Fsp3) is 0.407. The fourth-order valence-electron chi connectivity index (χ4n) is 4.47. The molecule has 7 heteroatoms. The van der Waals surface area contributed by atoms with Gasteiger partial charge in [0, 0.05) is 55.5 Å². The van der Waals surface area contributed by atoms with Gasteiger partial charge in [0.2, 0.25) is 5.91 Å². The number of aromatic nitrogens is 2. The molecule has 1 aliphatic heterocycles. The molecule has 4 rings (SSSR count). The normalized spacial score (nSPS) is 14.9. The first-order chi connectivity index (χ1) is 16.4. The minimum atomic E-state index is -0.000252. The number of carbonyl (C=O) groups is 1. The van der Waals surface area contributed by atoms with Crippen molar-refractivity contribution in [3.8, 4) is 5.69 Å². The summed E-state index contributed by atoms with van der Waals surface area (Å²) in [6.07, 6.45) is 0.313. The fourth-order valence-corrected chi connectivity index (χ4v) is 4.60.